The van der Waals surface area contributed by atoms with E-state index in [1.54, 1.807) is 0 Å². The SMILES string of the molecule is CC(C)CNCCc1c(Br)cnn1C(C)C. The summed E-state index contributed by atoms with van der Waals surface area (Å²) in [6.07, 6.45) is 2.91. The van der Waals surface area contributed by atoms with E-state index in [2.05, 4.69) is 58.7 Å². The minimum absolute atomic E-state index is 0.423. The zero-order valence-corrected chi connectivity index (χ0v) is 12.2. The second-order valence-electron chi connectivity index (χ2n) is 4.83. The molecule has 92 valence electrons. The molecule has 3 nitrogen and oxygen atoms in total. The second kappa shape index (κ2) is 6.40. The van der Waals surface area contributed by atoms with Gasteiger partial charge in [-0.05, 0) is 42.2 Å². The van der Waals surface area contributed by atoms with Crippen LogP contribution in [0, 0.1) is 5.92 Å². The maximum absolute atomic E-state index is 4.37. The first-order chi connectivity index (χ1) is 7.52. The lowest BCUT2D eigenvalue weighted by Gasteiger charge is -2.12. The molecule has 0 aliphatic carbocycles. The van der Waals surface area contributed by atoms with E-state index in [1.807, 2.05) is 6.20 Å². The second-order valence-corrected chi connectivity index (χ2v) is 5.68. The highest BCUT2D eigenvalue weighted by Crippen LogP contribution is 2.19. The van der Waals surface area contributed by atoms with Crippen molar-refractivity contribution >= 4 is 15.9 Å². The molecule has 1 rings (SSSR count). The van der Waals surface area contributed by atoms with Crippen LogP contribution in [0.25, 0.3) is 0 Å². The van der Waals surface area contributed by atoms with Gasteiger partial charge in [-0.15, -0.1) is 0 Å². The van der Waals surface area contributed by atoms with Crippen LogP contribution in [0.1, 0.15) is 39.4 Å². The Morgan fingerprint density at radius 2 is 2.06 bits per heavy atom. The van der Waals surface area contributed by atoms with Crippen molar-refractivity contribution in [2.24, 2.45) is 5.92 Å². The summed E-state index contributed by atoms with van der Waals surface area (Å²) < 4.78 is 3.20. The first-order valence-corrected chi connectivity index (χ1v) is 6.74. The van der Waals surface area contributed by atoms with E-state index in [0.29, 0.717) is 12.0 Å². The van der Waals surface area contributed by atoms with Gasteiger partial charge in [0.25, 0.3) is 0 Å². The summed E-state index contributed by atoms with van der Waals surface area (Å²) in [5, 5.41) is 7.83. The monoisotopic (exact) mass is 287 g/mol. The van der Waals surface area contributed by atoms with Crippen molar-refractivity contribution in [3.63, 3.8) is 0 Å². The number of halogens is 1. The van der Waals surface area contributed by atoms with E-state index in [9.17, 15) is 0 Å². The highest BCUT2D eigenvalue weighted by atomic mass is 79.9. The highest BCUT2D eigenvalue weighted by molar-refractivity contribution is 9.10. The van der Waals surface area contributed by atoms with Crippen molar-refractivity contribution in [3.8, 4) is 0 Å². The molecule has 0 saturated heterocycles. The average Bonchev–Trinajstić information content (AvgIpc) is 2.54. The standard InChI is InChI=1S/C12H22BrN3/c1-9(2)7-14-6-5-12-11(13)8-15-16(12)10(3)4/h8-10,14H,5-7H2,1-4H3. The lowest BCUT2D eigenvalue weighted by atomic mass is 10.2. The topological polar surface area (TPSA) is 29.9 Å². The molecule has 16 heavy (non-hydrogen) atoms. The maximum atomic E-state index is 4.37. The molecular formula is C12H22BrN3. The summed E-state index contributed by atoms with van der Waals surface area (Å²) in [7, 11) is 0. The van der Waals surface area contributed by atoms with E-state index in [4.69, 9.17) is 0 Å². The minimum Gasteiger partial charge on any atom is -0.316 e. The summed E-state index contributed by atoms with van der Waals surface area (Å²) in [4.78, 5) is 0. The van der Waals surface area contributed by atoms with Gasteiger partial charge in [-0.3, -0.25) is 4.68 Å². The third-order valence-corrected chi connectivity index (χ3v) is 3.09. The van der Waals surface area contributed by atoms with Crippen molar-refractivity contribution in [2.45, 2.75) is 40.2 Å². The fraction of sp³-hybridized carbons (Fsp3) is 0.750. The highest BCUT2D eigenvalue weighted by Gasteiger charge is 2.10. The molecule has 0 atom stereocenters. The lowest BCUT2D eigenvalue weighted by Crippen LogP contribution is -2.23. The third-order valence-electron chi connectivity index (χ3n) is 2.43. The maximum Gasteiger partial charge on any atom is 0.0635 e. The van der Waals surface area contributed by atoms with Gasteiger partial charge in [0.2, 0.25) is 0 Å². The molecule has 4 heteroatoms. The summed E-state index contributed by atoms with van der Waals surface area (Å²) >= 11 is 3.56. The molecule has 0 aromatic carbocycles. The van der Waals surface area contributed by atoms with Gasteiger partial charge in [-0.1, -0.05) is 13.8 Å². The molecule has 0 unspecified atom stereocenters. The fourth-order valence-electron chi connectivity index (χ4n) is 1.64. The number of rotatable bonds is 6. The first kappa shape index (κ1) is 13.7. The molecule has 1 aromatic heterocycles. The molecule has 1 aromatic rings. The Labute approximate surface area is 107 Å². The molecule has 0 bridgehead atoms. The van der Waals surface area contributed by atoms with Gasteiger partial charge in [-0.25, -0.2) is 0 Å². The van der Waals surface area contributed by atoms with Crippen LogP contribution in [0.4, 0.5) is 0 Å². The normalized spacial score (nSPS) is 11.7. The van der Waals surface area contributed by atoms with E-state index >= 15 is 0 Å². The Kier molecular flexibility index (Phi) is 5.49. The Morgan fingerprint density at radius 3 is 2.62 bits per heavy atom. The number of hydrogen-bond acceptors (Lipinski definition) is 2. The Morgan fingerprint density at radius 1 is 1.38 bits per heavy atom. The van der Waals surface area contributed by atoms with E-state index in [0.717, 1.165) is 24.0 Å². The molecule has 1 N–H and O–H groups in total. The zero-order valence-electron chi connectivity index (χ0n) is 10.6. The quantitative estimate of drug-likeness (QED) is 0.815. The summed E-state index contributed by atoms with van der Waals surface area (Å²) in [6, 6.07) is 0.423. The molecule has 0 aliphatic heterocycles. The summed E-state index contributed by atoms with van der Waals surface area (Å²) in [5.41, 5.74) is 1.28. The Hall–Kier alpha value is -0.350. The van der Waals surface area contributed by atoms with Crippen molar-refractivity contribution in [1.29, 1.82) is 0 Å². The van der Waals surface area contributed by atoms with Crippen molar-refractivity contribution in [2.75, 3.05) is 13.1 Å². The van der Waals surface area contributed by atoms with Crippen LogP contribution in [0.3, 0.4) is 0 Å². The number of nitrogens with one attached hydrogen (secondary N) is 1. The summed E-state index contributed by atoms with van der Waals surface area (Å²) in [5.74, 6) is 0.707. The van der Waals surface area contributed by atoms with Gasteiger partial charge in [0.15, 0.2) is 0 Å². The van der Waals surface area contributed by atoms with Gasteiger partial charge in [0, 0.05) is 19.0 Å². The van der Waals surface area contributed by atoms with Crippen LogP contribution in [-0.4, -0.2) is 22.9 Å². The molecule has 0 saturated carbocycles. The predicted molar refractivity (Wildman–Crippen MR) is 71.7 cm³/mol. The van der Waals surface area contributed by atoms with Crippen LogP contribution in [0.5, 0.6) is 0 Å². The molecule has 1 heterocycles. The molecule has 0 aliphatic rings. The average molecular weight is 288 g/mol. The van der Waals surface area contributed by atoms with Gasteiger partial charge >= 0.3 is 0 Å². The van der Waals surface area contributed by atoms with Gasteiger partial charge in [0.05, 0.1) is 16.4 Å². The van der Waals surface area contributed by atoms with Gasteiger partial charge in [-0.2, -0.15) is 5.10 Å². The van der Waals surface area contributed by atoms with Crippen LogP contribution < -0.4 is 5.32 Å². The Balaban J connectivity index is 2.49. The molecule has 0 fully saturated rings. The first-order valence-electron chi connectivity index (χ1n) is 5.95. The number of nitrogens with zero attached hydrogens (tertiary/aromatic N) is 2. The van der Waals surface area contributed by atoms with Crippen molar-refractivity contribution < 1.29 is 0 Å². The van der Waals surface area contributed by atoms with Crippen molar-refractivity contribution in [3.05, 3.63) is 16.4 Å². The number of aromatic nitrogens is 2. The molecule has 0 radical (unpaired) electrons. The third kappa shape index (κ3) is 3.91. The van der Waals surface area contributed by atoms with Crippen molar-refractivity contribution in [1.82, 2.24) is 15.1 Å². The van der Waals surface area contributed by atoms with Crippen LogP contribution >= 0.6 is 15.9 Å². The zero-order chi connectivity index (χ0) is 12.1. The number of hydrogen-bond donors (Lipinski definition) is 1. The smallest absolute Gasteiger partial charge is 0.0635 e. The Bertz CT molecular complexity index is 318. The minimum atomic E-state index is 0.423. The molecule has 0 spiro atoms. The van der Waals surface area contributed by atoms with E-state index < -0.39 is 0 Å². The van der Waals surface area contributed by atoms with Gasteiger partial charge in [0.1, 0.15) is 0 Å². The summed E-state index contributed by atoms with van der Waals surface area (Å²) in [6.45, 7) is 10.8. The van der Waals surface area contributed by atoms with Crippen LogP contribution in [0.2, 0.25) is 0 Å². The van der Waals surface area contributed by atoms with E-state index in [1.165, 1.54) is 5.69 Å². The van der Waals surface area contributed by atoms with E-state index in [-0.39, 0.29) is 0 Å². The predicted octanol–water partition coefficient (Wildman–Crippen LogP) is 3.01. The largest absolute Gasteiger partial charge is 0.316 e. The molecule has 0 amide bonds. The lowest BCUT2D eigenvalue weighted by molar-refractivity contribution is 0.495. The fourth-order valence-corrected chi connectivity index (χ4v) is 2.11. The van der Waals surface area contributed by atoms with Gasteiger partial charge < -0.3 is 5.32 Å². The molecular weight excluding hydrogens is 266 g/mol. The van der Waals surface area contributed by atoms with Crippen LogP contribution in [-0.2, 0) is 6.42 Å². The van der Waals surface area contributed by atoms with Crippen LogP contribution in [0.15, 0.2) is 10.7 Å².